The summed E-state index contributed by atoms with van der Waals surface area (Å²) in [7, 11) is 1.62. The zero-order valence-electron chi connectivity index (χ0n) is 9.71. The first-order valence-corrected chi connectivity index (χ1v) is 5.39. The molecule has 0 unspecified atom stereocenters. The van der Waals surface area contributed by atoms with Crippen molar-refractivity contribution in [3.05, 3.63) is 30.6 Å². The van der Waals surface area contributed by atoms with E-state index in [-0.39, 0.29) is 5.95 Å². The molecule has 3 N–H and O–H groups in total. The molecule has 0 radical (unpaired) electrons. The van der Waals surface area contributed by atoms with Crippen LogP contribution in [-0.4, -0.2) is 27.0 Å². The summed E-state index contributed by atoms with van der Waals surface area (Å²) in [6.07, 6.45) is 1.57. The van der Waals surface area contributed by atoms with Gasteiger partial charge in [0.1, 0.15) is 17.0 Å². The molecule has 6 nitrogen and oxygen atoms in total. The van der Waals surface area contributed by atoms with E-state index in [1.807, 2.05) is 24.3 Å². The second-order valence-corrected chi connectivity index (χ2v) is 3.76. The van der Waals surface area contributed by atoms with Gasteiger partial charge in [-0.3, -0.25) is 0 Å². The van der Waals surface area contributed by atoms with Gasteiger partial charge in [-0.25, -0.2) is 9.97 Å². The first kappa shape index (κ1) is 10.5. The van der Waals surface area contributed by atoms with Gasteiger partial charge >= 0.3 is 0 Å². The first-order chi connectivity index (χ1) is 8.78. The number of nitrogens with zero attached hydrogens (tertiary/aromatic N) is 3. The molecule has 0 aliphatic heterocycles. The Morgan fingerprint density at radius 3 is 3.00 bits per heavy atom. The number of nitrogen functional groups attached to an aromatic ring is 1. The van der Waals surface area contributed by atoms with Gasteiger partial charge in [-0.15, -0.1) is 0 Å². The Morgan fingerprint density at radius 1 is 1.28 bits per heavy atom. The molecule has 18 heavy (non-hydrogen) atoms. The van der Waals surface area contributed by atoms with Crippen LogP contribution in [0.15, 0.2) is 30.6 Å². The number of H-pyrrole nitrogens is 1. The summed E-state index contributed by atoms with van der Waals surface area (Å²) in [5, 5.41) is 0. The molecule has 0 aliphatic rings. The Labute approximate surface area is 103 Å². The number of aromatic amines is 1. The van der Waals surface area contributed by atoms with Crippen molar-refractivity contribution in [2.24, 2.45) is 0 Å². The number of benzene rings is 1. The van der Waals surface area contributed by atoms with Gasteiger partial charge < -0.3 is 15.5 Å². The molecule has 0 amide bonds. The number of rotatable bonds is 2. The fourth-order valence-electron chi connectivity index (χ4n) is 1.83. The molecule has 0 aliphatic carbocycles. The van der Waals surface area contributed by atoms with Crippen LogP contribution in [0, 0.1) is 0 Å². The lowest BCUT2D eigenvalue weighted by Crippen LogP contribution is -1.98. The van der Waals surface area contributed by atoms with Crippen LogP contribution in [0.3, 0.4) is 0 Å². The van der Waals surface area contributed by atoms with Crippen LogP contribution in [0.4, 0.5) is 5.95 Å². The van der Waals surface area contributed by atoms with Gasteiger partial charge in [0.15, 0.2) is 5.65 Å². The van der Waals surface area contributed by atoms with E-state index in [2.05, 4.69) is 19.9 Å². The van der Waals surface area contributed by atoms with E-state index >= 15 is 0 Å². The fourth-order valence-corrected chi connectivity index (χ4v) is 1.83. The second kappa shape index (κ2) is 3.99. The molecular weight excluding hydrogens is 230 g/mol. The van der Waals surface area contributed by atoms with E-state index < -0.39 is 0 Å². The van der Waals surface area contributed by atoms with Crippen molar-refractivity contribution in [2.45, 2.75) is 0 Å². The van der Waals surface area contributed by atoms with Gasteiger partial charge in [-0.2, -0.15) is 4.98 Å². The number of ether oxygens (including phenoxy) is 1. The number of anilines is 1. The van der Waals surface area contributed by atoms with E-state index in [4.69, 9.17) is 10.5 Å². The number of aromatic nitrogens is 4. The molecule has 1 aromatic carbocycles. The number of imidazole rings is 1. The maximum Gasteiger partial charge on any atom is 0.222 e. The minimum absolute atomic E-state index is 0.201. The Hall–Kier alpha value is -2.63. The van der Waals surface area contributed by atoms with Gasteiger partial charge in [0.05, 0.1) is 13.4 Å². The first-order valence-electron chi connectivity index (χ1n) is 5.39. The van der Waals surface area contributed by atoms with Crippen molar-refractivity contribution in [2.75, 3.05) is 12.8 Å². The molecule has 2 heterocycles. The van der Waals surface area contributed by atoms with Crippen molar-refractivity contribution in [3.63, 3.8) is 0 Å². The van der Waals surface area contributed by atoms with Crippen LogP contribution in [0.5, 0.6) is 5.75 Å². The number of fused-ring (bicyclic) bond motifs is 1. The molecule has 6 heteroatoms. The number of nitrogens with one attached hydrogen (secondary N) is 1. The fraction of sp³-hybridized carbons (Fsp3) is 0.0833. The SMILES string of the molecule is COc1cccc(-c2nc(N)nc3nc[nH]c23)c1. The predicted molar refractivity (Wildman–Crippen MR) is 68.1 cm³/mol. The molecule has 0 bridgehead atoms. The lowest BCUT2D eigenvalue weighted by Gasteiger charge is -2.05. The largest absolute Gasteiger partial charge is 0.497 e. The van der Waals surface area contributed by atoms with Gasteiger partial charge in [0.2, 0.25) is 5.95 Å². The van der Waals surface area contributed by atoms with Crippen LogP contribution in [0.1, 0.15) is 0 Å². The summed E-state index contributed by atoms with van der Waals surface area (Å²) in [6, 6.07) is 7.60. The Bertz CT molecular complexity index is 707. The second-order valence-electron chi connectivity index (χ2n) is 3.76. The summed E-state index contributed by atoms with van der Waals surface area (Å²) in [5.41, 5.74) is 8.62. The summed E-state index contributed by atoms with van der Waals surface area (Å²) < 4.78 is 5.20. The Morgan fingerprint density at radius 2 is 2.17 bits per heavy atom. The molecule has 0 atom stereocenters. The molecule has 2 aromatic heterocycles. The summed E-state index contributed by atoms with van der Waals surface area (Å²) >= 11 is 0. The molecular formula is C12H11N5O. The highest BCUT2D eigenvalue weighted by atomic mass is 16.5. The van der Waals surface area contributed by atoms with Crippen LogP contribution < -0.4 is 10.5 Å². The third-order valence-electron chi connectivity index (χ3n) is 2.65. The van der Waals surface area contributed by atoms with Crippen LogP contribution in [-0.2, 0) is 0 Å². The quantitative estimate of drug-likeness (QED) is 0.711. The van der Waals surface area contributed by atoms with Gasteiger partial charge in [-0.1, -0.05) is 12.1 Å². The summed E-state index contributed by atoms with van der Waals surface area (Å²) in [5.74, 6) is 0.963. The zero-order chi connectivity index (χ0) is 12.5. The molecule has 0 saturated heterocycles. The number of hydrogen-bond donors (Lipinski definition) is 2. The van der Waals surface area contributed by atoms with E-state index in [1.54, 1.807) is 13.4 Å². The molecule has 0 spiro atoms. The highest BCUT2D eigenvalue weighted by Gasteiger charge is 2.10. The topological polar surface area (TPSA) is 89.7 Å². The van der Waals surface area contributed by atoms with Crippen molar-refractivity contribution in [1.82, 2.24) is 19.9 Å². The molecule has 3 aromatic rings. The van der Waals surface area contributed by atoms with Gasteiger partial charge in [0, 0.05) is 5.56 Å². The lowest BCUT2D eigenvalue weighted by molar-refractivity contribution is 0.415. The maximum atomic E-state index is 5.68. The standard InChI is InChI=1S/C12H11N5O/c1-18-8-4-2-3-7(5-8)9-10-11(15-6-14-10)17-12(13)16-9/h2-6H,1H3,(H3,13,14,15,16,17). The van der Waals surface area contributed by atoms with Gasteiger partial charge in [-0.05, 0) is 12.1 Å². The molecule has 0 fully saturated rings. The highest BCUT2D eigenvalue weighted by Crippen LogP contribution is 2.27. The number of nitrogens with two attached hydrogens (primary N) is 1. The average Bonchev–Trinajstić information content (AvgIpc) is 2.85. The number of hydrogen-bond acceptors (Lipinski definition) is 5. The van der Waals surface area contributed by atoms with Crippen molar-refractivity contribution in [1.29, 1.82) is 0 Å². The third-order valence-corrected chi connectivity index (χ3v) is 2.65. The summed E-state index contributed by atoms with van der Waals surface area (Å²) in [4.78, 5) is 15.4. The normalized spacial score (nSPS) is 10.7. The monoisotopic (exact) mass is 241 g/mol. The molecule has 3 rings (SSSR count). The molecule has 0 saturated carbocycles. The van der Waals surface area contributed by atoms with Crippen molar-refractivity contribution in [3.8, 4) is 17.0 Å². The molecule has 90 valence electrons. The van der Waals surface area contributed by atoms with Gasteiger partial charge in [0.25, 0.3) is 0 Å². The Balaban J connectivity index is 2.26. The van der Waals surface area contributed by atoms with Crippen molar-refractivity contribution >= 4 is 17.1 Å². The van der Waals surface area contributed by atoms with Crippen LogP contribution in [0.2, 0.25) is 0 Å². The Kier molecular flexibility index (Phi) is 2.33. The third kappa shape index (κ3) is 1.64. The minimum Gasteiger partial charge on any atom is -0.497 e. The van der Waals surface area contributed by atoms with Crippen LogP contribution in [0.25, 0.3) is 22.4 Å². The number of methoxy groups -OCH3 is 1. The lowest BCUT2D eigenvalue weighted by atomic mass is 10.1. The van der Waals surface area contributed by atoms with Crippen LogP contribution >= 0.6 is 0 Å². The summed E-state index contributed by atoms with van der Waals surface area (Å²) in [6.45, 7) is 0. The van der Waals surface area contributed by atoms with E-state index in [0.717, 1.165) is 16.8 Å². The van der Waals surface area contributed by atoms with Crippen molar-refractivity contribution < 1.29 is 4.74 Å². The average molecular weight is 241 g/mol. The predicted octanol–water partition coefficient (Wildman–Crippen LogP) is 1.61. The van der Waals surface area contributed by atoms with E-state index in [1.165, 1.54) is 0 Å². The zero-order valence-corrected chi connectivity index (χ0v) is 9.71. The minimum atomic E-state index is 0.201. The van der Waals surface area contributed by atoms with E-state index in [0.29, 0.717) is 11.3 Å². The smallest absolute Gasteiger partial charge is 0.222 e. The maximum absolute atomic E-state index is 5.68. The highest BCUT2D eigenvalue weighted by molar-refractivity contribution is 5.88. The van der Waals surface area contributed by atoms with E-state index in [9.17, 15) is 0 Å².